The van der Waals surface area contributed by atoms with E-state index in [1.165, 1.54) is 0 Å². The minimum atomic E-state index is -4.30. The summed E-state index contributed by atoms with van der Waals surface area (Å²) in [6.45, 7) is 4.27. The molecule has 114 valence electrons. The molecule has 0 saturated carbocycles. The summed E-state index contributed by atoms with van der Waals surface area (Å²) in [5.74, 6) is 0. The lowest BCUT2D eigenvalue weighted by Gasteiger charge is -2.19. The van der Waals surface area contributed by atoms with Crippen LogP contribution in [0, 0.1) is 0 Å². The van der Waals surface area contributed by atoms with Crippen molar-refractivity contribution in [2.45, 2.75) is 44.9 Å². The summed E-state index contributed by atoms with van der Waals surface area (Å²) in [7, 11) is 0. The Labute approximate surface area is 120 Å². The highest BCUT2D eigenvalue weighted by Gasteiger charge is 2.34. The van der Waals surface area contributed by atoms with Crippen LogP contribution in [0.2, 0.25) is 0 Å². The van der Waals surface area contributed by atoms with Crippen LogP contribution in [-0.2, 0) is 10.9 Å². The average Bonchev–Trinajstić information content (AvgIpc) is 2.77. The SMILES string of the molecule is CCCOC1CCCN(c2ncc(C(F)(F)F)s2)CC1. The minimum absolute atomic E-state index is 0.224. The largest absolute Gasteiger partial charge is 0.427 e. The number of thiazole rings is 1. The molecular weight excluding hydrogens is 289 g/mol. The number of alkyl halides is 3. The van der Waals surface area contributed by atoms with Gasteiger partial charge >= 0.3 is 6.18 Å². The van der Waals surface area contributed by atoms with E-state index in [0.29, 0.717) is 11.7 Å². The molecule has 1 aliphatic rings. The summed E-state index contributed by atoms with van der Waals surface area (Å²) >= 11 is 0.724. The van der Waals surface area contributed by atoms with E-state index in [9.17, 15) is 13.2 Å². The zero-order chi connectivity index (χ0) is 14.6. The first kappa shape index (κ1) is 15.6. The van der Waals surface area contributed by atoms with Gasteiger partial charge in [0.2, 0.25) is 0 Å². The number of rotatable bonds is 4. The Bertz CT molecular complexity index is 422. The summed E-state index contributed by atoms with van der Waals surface area (Å²) in [5.41, 5.74) is 0. The van der Waals surface area contributed by atoms with E-state index < -0.39 is 11.1 Å². The zero-order valence-corrected chi connectivity index (χ0v) is 12.3. The van der Waals surface area contributed by atoms with Gasteiger partial charge in [0.1, 0.15) is 4.88 Å². The topological polar surface area (TPSA) is 25.4 Å². The van der Waals surface area contributed by atoms with Crippen LogP contribution in [-0.4, -0.2) is 30.8 Å². The van der Waals surface area contributed by atoms with Gasteiger partial charge in [0.25, 0.3) is 0 Å². The zero-order valence-electron chi connectivity index (χ0n) is 11.4. The van der Waals surface area contributed by atoms with E-state index in [2.05, 4.69) is 11.9 Å². The van der Waals surface area contributed by atoms with Gasteiger partial charge in [-0.15, -0.1) is 0 Å². The van der Waals surface area contributed by atoms with Crippen LogP contribution in [0.1, 0.15) is 37.5 Å². The van der Waals surface area contributed by atoms with Crippen molar-refractivity contribution < 1.29 is 17.9 Å². The molecule has 20 heavy (non-hydrogen) atoms. The quantitative estimate of drug-likeness (QED) is 0.842. The van der Waals surface area contributed by atoms with Crippen LogP contribution in [0.15, 0.2) is 6.20 Å². The molecule has 0 aliphatic carbocycles. The van der Waals surface area contributed by atoms with Crippen LogP contribution >= 0.6 is 11.3 Å². The number of ether oxygens (including phenoxy) is 1. The van der Waals surface area contributed by atoms with Gasteiger partial charge in [-0.3, -0.25) is 0 Å². The van der Waals surface area contributed by atoms with Gasteiger partial charge in [-0.2, -0.15) is 13.2 Å². The Morgan fingerprint density at radius 1 is 1.40 bits per heavy atom. The molecule has 2 rings (SSSR count). The van der Waals surface area contributed by atoms with Gasteiger partial charge in [0.15, 0.2) is 5.13 Å². The molecule has 1 aromatic rings. The third kappa shape index (κ3) is 4.09. The maximum atomic E-state index is 12.6. The molecule has 7 heteroatoms. The maximum absolute atomic E-state index is 12.6. The fourth-order valence-corrected chi connectivity index (χ4v) is 3.09. The molecule has 3 nitrogen and oxygen atoms in total. The highest BCUT2D eigenvalue weighted by molar-refractivity contribution is 7.15. The molecular formula is C13H19F3N2OS. The van der Waals surface area contributed by atoms with E-state index in [0.717, 1.165) is 56.4 Å². The number of hydrogen-bond donors (Lipinski definition) is 0. The van der Waals surface area contributed by atoms with Crippen molar-refractivity contribution in [1.82, 2.24) is 4.98 Å². The first-order valence-corrected chi connectivity index (χ1v) is 7.72. The molecule has 1 saturated heterocycles. The Hall–Kier alpha value is -0.820. The summed E-state index contributed by atoms with van der Waals surface area (Å²) in [5, 5.41) is 0.466. The first-order valence-electron chi connectivity index (χ1n) is 6.90. The maximum Gasteiger partial charge on any atom is 0.427 e. The number of halogens is 3. The number of anilines is 1. The molecule has 0 N–H and O–H groups in total. The van der Waals surface area contributed by atoms with Gasteiger partial charge in [-0.05, 0) is 25.7 Å². The van der Waals surface area contributed by atoms with E-state index >= 15 is 0 Å². The number of nitrogens with zero attached hydrogens (tertiary/aromatic N) is 2. The lowest BCUT2D eigenvalue weighted by Crippen LogP contribution is -2.24. The van der Waals surface area contributed by atoms with Crippen molar-refractivity contribution in [2.24, 2.45) is 0 Å². The van der Waals surface area contributed by atoms with Gasteiger partial charge in [0.05, 0.1) is 12.3 Å². The predicted molar refractivity (Wildman–Crippen MR) is 73.2 cm³/mol. The summed E-state index contributed by atoms with van der Waals surface area (Å²) < 4.78 is 43.5. The fourth-order valence-electron chi connectivity index (χ4n) is 2.25. The van der Waals surface area contributed by atoms with Crippen molar-refractivity contribution in [3.8, 4) is 0 Å². The highest BCUT2D eigenvalue weighted by atomic mass is 32.1. The predicted octanol–water partition coefficient (Wildman–Crippen LogP) is 3.95. The standard InChI is InChI=1S/C13H19F3N2OS/c1-2-8-19-10-4-3-6-18(7-5-10)12-17-9-11(20-12)13(14,15)16/h9-10H,2-8H2,1H3. The van der Waals surface area contributed by atoms with Crippen molar-refractivity contribution >= 4 is 16.5 Å². The molecule has 0 aromatic carbocycles. The van der Waals surface area contributed by atoms with Gasteiger partial charge in [-0.25, -0.2) is 4.98 Å². The molecule has 0 amide bonds. The second kappa shape index (κ2) is 6.76. The second-order valence-electron chi connectivity index (χ2n) is 4.92. The van der Waals surface area contributed by atoms with Crippen LogP contribution in [0.4, 0.5) is 18.3 Å². The van der Waals surface area contributed by atoms with Crippen molar-refractivity contribution in [2.75, 3.05) is 24.6 Å². The van der Waals surface area contributed by atoms with Crippen LogP contribution < -0.4 is 4.90 Å². The molecule has 1 aromatic heterocycles. The first-order chi connectivity index (χ1) is 9.50. The molecule has 0 bridgehead atoms. The fraction of sp³-hybridized carbons (Fsp3) is 0.769. The minimum Gasteiger partial charge on any atom is -0.378 e. The van der Waals surface area contributed by atoms with E-state index in [-0.39, 0.29) is 6.10 Å². The number of hydrogen-bond acceptors (Lipinski definition) is 4. The van der Waals surface area contributed by atoms with E-state index in [1.54, 1.807) is 0 Å². The third-order valence-electron chi connectivity index (χ3n) is 3.28. The molecule has 0 spiro atoms. The van der Waals surface area contributed by atoms with Crippen molar-refractivity contribution in [3.05, 3.63) is 11.1 Å². The van der Waals surface area contributed by atoms with Gasteiger partial charge in [0, 0.05) is 19.7 Å². The highest BCUT2D eigenvalue weighted by Crippen LogP contribution is 2.36. The Morgan fingerprint density at radius 3 is 2.85 bits per heavy atom. The Morgan fingerprint density at radius 2 is 2.20 bits per heavy atom. The summed E-state index contributed by atoms with van der Waals surface area (Å²) in [6, 6.07) is 0. The monoisotopic (exact) mass is 308 g/mol. The molecule has 1 fully saturated rings. The van der Waals surface area contributed by atoms with Crippen LogP contribution in [0.5, 0.6) is 0 Å². The normalized spacial score (nSPS) is 21.0. The van der Waals surface area contributed by atoms with Crippen LogP contribution in [0.3, 0.4) is 0 Å². The molecule has 2 heterocycles. The second-order valence-corrected chi connectivity index (χ2v) is 5.92. The lowest BCUT2D eigenvalue weighted by atomic mass is 10.2. The van der Waals surface area contributed by atoms with Gasteiger partial charge < -0.3 is 9.64 Å². The van der Waals surface area contributed by atoms with Crippen molar-refractivity contribution in [1.29, 1.82) is 0 Å². The van der Waals surface area contributed by atoms with E-state index in [4.69, 9.17) is 4.74 Å². The van der Waals surface area contributed by atoms with E-state index in [1.807, 2.05) is 4.90 Å². The molecule has 1 unspecified atom stereocenters. The Kier molecular flexibility index (Phi) is 5.26. The van der Waals surface area contributed by atoms with Crippen LogP contribution in [0.25, 0.3) is 0 Å². The Balaban J connectivity index is 1.95. The smallest absolute Gasteiger partial charge is 0.378 e. The molecule has 1 atom stereocenters. The summed E-state index contributed by atoms with van der Waals surface area (Å²) in [4.78, 5) is 5.23. The number of aromatic nitrogens is 1. The summed E-state index contributed by atoms with van der Waals surface area (Å²) in [6.07, 6.45) is 0.582. The third-order valence-corrected chi connectivity index (χ3v) is 4.38. The van der Waals surface area contributed by atoms with Gasteiger partial charge in [-0.1, -0.05) is 18.3 Å². The average molecular weight is 308 g/mol. The molecule has 1 aliphatic heterocycles. The molecule has 0 radical (unpaired) electrons. The lowest BCUT2D eigenvalue weighted by molar-refractivity contribution is -0.134. The van der Waals surface area contributed by atoms with Crippen molar-refractivity contribution in [3.63, 3.8) is 0 Å².